The molecule has 6 nitrogen and oxygen atoms in total. The number of hydrogen-bond donors (Lipinski definition) is 0. The Kier molecular flexibility index (Phi) is 7.15. The Labute approximate surface area is 189 Å². The van der Waals surface area contributed by atoms with Crippen molar-refractivity contribution in [2.75, 3.05) is 38.6 Å². The van der Waals surface area contributed by atoms with Crippen molar-refractivity contribution >= 4 is 11.9 Å². The van der Waals surface area contributed by atoms with Crippen LogP contribution < -0.4 is 4.90 Å². The summed E-state index contributed by atoms with van der Waals surface area (Å²) >= 11 is 0. The molecule has 0 aliphatic carbocycles. The Morgan fingerprint density at radius 2 is 1.69 bits per heavy atom. The van der Waals surface area contributed by atoms with Gasteiger partial charge in [-0.15, -0.1) is 0 Å². The summed E-state index contributed by atoms with van der Waals surface area (Å²) in [6.45, 7) is 3.95. The third-order valence-electron chi connectivity index (χ3n) is 6.50. The number of carbonyl (C=O) groups excluding carboxylic acids is 1. The van der Waals surface area contributed by atoms with E-state index in [4.69, 9.17) is 0 Å². The first-order chi connectivity index (χ1) is 15.5. The molecule has 2 aliphatic heterocycles. The molecule has 32 heavy (non-hydrogen) atoms. The average Bonchev–Trinajstić information content (AvgIpc) is 2.98. The van der Waals surface area contributed by atoms with E-state index in [1.807, 2.05) is 36.3 Å². The highest BCUT2D eigenvalue weighted by Crippen LogP contribution is 2.31. The monoisotopic (exact) mass is 437 g/mol. The van der Waals surface area contributed by atoms with E-state index in [2.05, 4.69) is 27.0 Å². The van der Waals surface area contributed by atoms with Crippen molar-refractivity contribution in [3.8, 4) is 0 Å². The van der Waals surface area contributed by atoms with Gasteiger partial charge in [0.25, 0.3) is 0 Å². The van der Waals surface area contributed by atoms with Crippen molar-refractivity contribution in [3.05, 3.63) is 65.8 Å². The number of halogens is 1. The summed E-state index contributed by atoms with van der Waals surface area (Å²) in [4.78, 5) is 28.4. The van der Waals surface area contributed by atoms with E-state index in [1.165, 1.54) is 12.1 Å². The van der Waals surface area contributed by atoms with Crippen LogP contribution in [0.4, 0.5) is 10.3 Å². The van der Waals surface area contributed by atoms with Gasteiger partial charge in [-0.3, -0.25) is 9.69 Å². The molecule has 1 saturated heterocycles. The third kappa shape index (κ3) is 5.51. The van der Waals surface area contributed by atoms with Crippen LogP contribution in [0.5, 0.6) is 0 Å². The highest BCUT2D eigenvalue weighted by Gasteiger charge is 2.34. The molecular weight excluding hydrogens is 405 g/mol. The molecule has 7 heteroatoms. The van der Waals surface area contributed by atoms with Crippen molar-refractivity contribution in [1.82, 2.24) is 19.8 Å². The Bertz CT molecular complexity index is 920. The topological polar surface area (TPSA) is 52.6 Å². The Morgan fingerprint density at radius 1 is 1.00 bits per heavy atom. The molecule has 170 valence electrons. The lowest BCUT2D eigenvalue weighted by molar-refractivity contribution is -0.137. The van der Waals surface area contributed by atoms with Crippen molar-refractivity contribution in [2.24, 2.45) is 11.8 Å². The van der Waals surface area contributed by atoms with Gasteiger partial charge < -0.3 is 9.80 Å². The van der Waals surface area contributed by atoms with Crippen molar-refractivity contribution in [2.45, 2.75) is 32.4 Å². The number of likely N-dealkylation sites (tertiary alicyclic amines) is 1. The van der Waals surface area contributed by atoms with Gasteiger partial charge in [-0.1, -0.05) is 24.3 Å². The summed E-state index contributed by atoms with van der Waals surface area (Å²) in [5, 5.41) is 0. The van der Waals surface area contributed by atoms with Crippen LogP contribution in [0, 0.1) is 17.7 Å². The van der Waals surface area contributed by atoms with Crippen molar-refractivity contribution in [1.29, 1.82) is 0 Å². The second-order valence-electron chi connectivity index (χ2n) is 9.06. The van der Waals surface area contributed by atoms with E-state index in [1.54, 1.807) is 12.1 Å². The normalized spacial score (nSPS) is 20.4. The zero-order valence-electron chi connectivity index (χ0n) is 19.0. The van der Waals surface area contributed by atoms with Crippen molar-refractivity contribution in [3.63, 3.8) is 0 Å². The minimum Gasteiger partial charge on any atom is -0.347 e. The van der Waals surface area contributed by atoms with E-state index < -0.39 is 0 Å². The van der Waals surface area contributed by atoms with E-state index in [0.29, 0.717) is 19.0 Å². The molecule has 1 aromatic heterocycles. The summed E-state index contributed by atoms with van der Waals surface area (Å²) < 4.78 is 13.2. The van der Waals surface area contributed by atoms with Crippen LogP contribution in [-0.2, 0) is 17.9 Å². The van der Waals surface area contributed by atoms with Gasteiger partial charge in [0.1, 0.15) is 5.82 Å². The maximum absolute atomic E-state index is 13.4. The Morgan fingerprint density at radius 3 is 2.34 bits per heavy atom. The first-order valence-electron chi connectivity index (χ1n) is 11.4. The first-order valence-corrected chi connectivity index (χ1v) is 11.4. The average molecular weight is 438 g/mol. The van der Waals surface area contributed by atoms with E-state index in [9.17, 15) is 9.18 Å². The standard InChI is InChI=1S/C25H32FN5O/c1-29(2)25-27-15-20(16-28-25)17-30-13-10-21(11-14-30)23-5-3-4-12-31(24(23)32)18-19-6-8-22(26)9-7-19/h3-4,6-9,15-16,21,23H,5,10-14,17-18H2,1-2H3/t23-/m1/s1. The summed E-state index contributed by atoms with van der Waals surface area (Å²) in [5.74, 6) is 1.12. The minimum atomic E-state index is -0.249. The fraction of sp³-hybridized carbons (Fsp3) is 0.480. The fourth-order valence-corrected chi connectivity index (χ4v) is 4.65. The van der Waals surface area contributed by atoms with Crippen LogP contribution in [0.3, 0.4) is 0 Å². The van der Waals surface area contributed by atoms with Gasteiger partial charge >= 0.3 is 0 Å². The number of allylic oxidation sites excluding steroid dienone is 1. The number of aromatic nitrogens is 2. The van der Waals surface area contributed by atoms with Crippen molar-refractivity contribution < 1.29 is 9.18 Å². The number of nitrogens with zero attached hydrogens (tertiary/aromatic N) is 5. The highest BCUT2D eigenvalue weighted by molar-refractivity contribution is 5.80. The van der Waals surface area contributed by atoms with Crippen LogP contribution in [-0.4, -0.2) is 59.4 Å². The lowest BCUT2D eigenvalue weighted by Crippen LogP contribution is -2.42. The van der Waals surface area contributed by atoms with Gasteiger partial charge in [0.2, 0.25) is 11.9 Å². The summed E-state index contributed by atoms with van der Waals surface area (Å²) in [6, 6.07) is 6.44. The Hall–Kier alpha value is -2.80. The third-order valence-corrected chi connectivity index (χ3v) is 6.50. The molecule has 0 saturated carbocycles. The smallest absolute Gasteiger partial charge is 0.226 e. The molecular formula is C25H32FN5O. The molecule has 0 spiro atoms. The molecule has 0 unspecified atom stereocenters. The molecule has 3 heterocycles. The minimum absolute atomic E-state index is 0.0269. The summed E-state index contributed by atoms with van der Waals surface area (Å²) in [5.41, 5.74) is 2.08. The molecule has 1 fully saturated rings. The zero-order valence-corrected chi connectivity index (χ0v) is 19.0. The summed E-state index contributed by atoms with van der Waals surface area (Å²) in [6.07, 6.45) is 10.9. The van der Waals surface area contributed by atoms with E-state index in [0.717, 1.165) is 56.0 Å². The molecule has 4 rings (SSSR count). The lowest BCUT2D eigenvalue weighted by Gasteiger charge is -2.36. The SMILES string of the molecule is CN(C)c1ncc(CN2CCC([C@H]3CC=CCN(Cc4ccc(F)cc4)C3=O)CC2)cn1. The second-order valence-corrected chi connectivity index (χ2v) is 9.06. The predicted molar refractivity (Wildman–Crippen MR) is 123 cm³/mol. The predicted octanol–water partition coefficient (Wildman–Crippen LogP) is 3.50. The molecule has 0 radical (unpaired) electrons. The van der Waals surface area contributed by atoms with E-state index in [-0.39, 0.29) is 17.6 Å². The molecule has 2 aromatic rings. The fourth-order valence-electron chi connectivity index (χ4n) is 4.65. The van der Waals surface area contributed by atoms with Crippen LogP contribution in [0.2, 0.25) is 0 Å². The van der Waals surface area contributed by atoms with Gasteiger partial charge in [0.15, 0.2) is 0 Å². The molecule has 1 amide bonds. The van der Waals surface area contributed by atoms with Gasteiger partial charge in [0, 0.05) is 57.6 Å². The van der Waals surface area contributed by atoms with Crippen LogP contribution >= 0.6 is 0 Å². The number of amides is 1. The highest BCUT2D eigenvalue weighted by atomic mass is 19.1. The molecule has 1 aromatic carbocycles. The maximum Gasteiger partial charge on any atom is 0.226 e. The summed E-state index contributed by atoms with van der Waals surface area (Å²) in [7, 11) is 3.87. The molecule has 0 N–H and O–H groups in total. The number of anilines is 1. The number of benzene rings is 1. The number of piperidine rings is 1. The maximum atomic E-state index is 13.4. The zero-order chi connectivity index (χ0) is 22.5. The quantitative estimate of drug-likeness (QED) is 0.648. The number of rotatable bonds is 6. The number of carbonyl (C=O) groups is 1. The second kappa shape index (κ2) is 10.2. The van der Waals surface area contributed by atoms with Gasteiger partial charge in [-0.05, 0) is 56.0 Å². The first kappa shape index (κ1) is 22.4. The molecule has 1 atom stereocenters. The number of hydrogen-bond acceptors (Lipinski definition) is 5. The molecule has 2 aliphatic rings. The Balaban J connectivity index is 1.33. The van der Waals surface area contributed by atoms with Crippen LogP contribution in [0.1, 0.15) is 30.4 Å². The van der Waals surface area contributed by atoms with E-state index >= 15 is 0 Å². The van der Waals surface area contributed by atoms with Gasteiger partial charge in [-0.25, -0.2) is 14.4 Å². The molecule has 0 bridgehead atoms. The van der Waals surface area contributed by atoms with Crippen LogP contribution in [0.25, 0.3) is 0 Å². The van der Waals surface area contributed by atoms with Gasteiger partial charge in [0.05, 0.1) is 0 Å². The van der Waals surface area contributed by atoms with Crippen LogP contribution in [0.15, 0.2) is 48.8 Å². The lowest BCUT2D eigenvalue weighted by atomic mass is 9.81. The largest absolute Gasteiger partial charge is 0.347 e. The van der Waals surface area contributed by atoms with Gasteiger partial charge in [-0.2, -0.15) is 0 Å².